The van der Waals surface area contributed by atoms with E-state index in [0.29, 0.717) is 41.5 Å². The predicted octanol–water partition coefficient (Wildman–Crippen LogP) is 4.85. The van der Waals surface area contributed by atoms with E-state index in [-0.39, 0.29) is 17.1 Å². The number of hydrogen-bond donors (Lipinski definition) is 1. The van der Waals surface area contributed by atoms with Crippen LogP contribution in [0.25, 0.3) is 10.9 Å². The Kier molecular flexibility index (Phi) is 4.84. The monoisotopic (exact) mass is 392 g/mol. The Morgan fingerprint density at radius 3 is 2.38 bits per heavy atom. The minimum atomic E-state index is -0.472. The highest BCUT2D eigenvalue weighted by Crippen LogP contribution is 2.42. The molecular formula is C21H20N4O4. The molecule has 0 aliphatic heterocycles. The third-order valence-corrected chi connectivity index (χ3v) is 5.42. The average Bonchev–Trinajstić information content (AvgIpc) is 2.71. The largest absolute Gasteiger partial charge is 0.375 e. The van der Waals surface area contributed by atoms with Gasteiger partial charge in [0.05, 0.1) is 15.4 Å². The Bertz CT molecular complexity index is 1130. The number of fused-ring (bicyclic) bond motifs is 3. The molecule has 0 bridgehead atoms. The van der Waals surface area contributed by atoms with Crippen molar-refractivity contribution in [2.45, 2.75) is 39.2 Å². The van der Waals surface area contributed by atoms with Crippen LogP contribution < -0.4 is 5.32 Å². The lowest BCUT2D eigenvalue weighted by Crippen LogP contribution is -2.11. The molecule has 1 aliphatic rings. The number of rotatable bonds is 5. The second-order valence-electron chi connectivity index (χ2n) is 7.23. The molecule has 1 heterocycles. The van der Waals surface area contributed by atoms with E-state index in [2.05, 4.69) is 10.3 Å². The van der Waals surface area contributed by atoms with Crippen LogP contribution in [0.5, 0.6) is 0 Å². The van der Waals surface area contributed by atoms with E-state index in [1.165, 1.54) is 6.07 Å². The number of anilines is 1. The van der Waals surface area contributed by atoms with E-state index >= 15 is 0 Å². The second kappa shape index (κ2) is 7.46. The van der Waals surface area contributed by atoms with Gasteiger partial charge in [0.1, 0.15) is 11.4 Å². The number of hydrogen-bond acceptors (Lipinski definition) is 6. The summed E-state index contributed by atoms with van der Waals surface area (Å²) in [5, 5.41) is 27.1. The lowest BCUT2D eigenvalue weighted by atomic mass is 9.87. The van der Waals surface area contributed by atoms with Crippen molar-refractivity contribution >= 4 is 28.0 Å². The summed E-state index contributed by atoms with van der Waals surface area (Å²) in [5.41, 5.74) is 3.62. The van der Waals surface area contributed by atoms with Gasteiger partial charge in [0.15, 0.2) is 0 Å². The maximum Gasteiger partial charge on any atom is 0.313 e. The van der Waals surface area contributed by atoms with E-state index in [9.17, 15) is 20.2 Å². The zero-order chi connectivity index (χ0) is 20.5. The summed E-state index contributed by atoms with van der Waals surface area (Å²) in [4.78, 5) is 27.2. The summed E-state index contributed by atoms with van der Waals surface area (Å²) < 4.78 is 0. The van der Waals surface area contributed by atoms with Crippen molar-refractivity contribution < 1.29 is 9.85 Å². The Labute approximate surface area is 166 Å². The highest BCUT2D eigenvalue weighted by Gasteiger charge is 2.29. The van der Waals surface area contributed by atoms with Crippen LogP contribution in [0.4, 0.5) is 17.1 Å². The molecule has 8 heteroatoms. The molecule has 0 fully saturated rings. The highest BCUT2D eigenvalue weighted by molar-refractivity contribution is 6.00. The van der Waals surface area contributed by atoms with Gasteiger partial charge in [-0.05, 0) is 43.7 Å². The van der Waals surface area contributed by atoms with Crippen molar-refractivity contribution in [1.82, 2.24) is 4.98 Å². The molecule has 1 aromatic heterocycles. The fourth-order valence-corrected chi connectivity index (χ4v) is 4.10. The van der Waals surface area contributed by atoms with Gasteiger partial charge in [-0.3, -0.25) is 20.2 Å². The third kappa shape index (κ3) is 3.37. The van der Waals surface area contributed by atoms with E-state index in [1.54, 1.807) is 6.92 Å². The molecule has 29 heavy (non-hydrogen) atoms. The Balaban J connectivity index is 1.97. The first-order valence-corrected chi connectivity index (χ1v) is 9.53. The van der Waals surface area contributed by atoms with Crippen molar-refractivity contribution in [2.75, 3.05) is 5.32 Å². The van der Waals surface area contributed by atoms with Gasteiger partial charge < -0.3 is 5.32 Å². The van der Waals surface area contributed by atoms with Crippen LogP contribution in [0.1, 0.15) is 35.2 Å². The molecule has 0 spiro atoms. The van der Waals surface area contributed by atoms with Crippen molar-refractivity contribution in [3.63, 3.8) is 0 Å². The number of pyridine rings is 1. The SMILES string of the molecule is Cc1nc2c3c(c([N+](=O)[O-])cc2c(NCc2ccccc2)c1[N+](=O)[O-])CCCC3. The van der Waals surface area contributed by atoms with Crippen LogP contribution in [0.2, 0.25) is 0 Å². The van der Waals surface area contributed by atoms with Crippen molar-refractivity contribution in [1.29, 1.82) is 0 Å². The van der Waals surface area contributed by atoms with Gasteiger partial charge in [0.25, 0.3) is 5.69 Å². The van der Waals surface area contributed by atoms with Crippen LogP contribution in [-0.4, -0.2) is 14.8 Å². The molecule has 0 amide bonds. The molecular weight excluding hydrogens is 372 g/mol. The smallest absolute Gasteiger partial charge is 0.313 e. The minimum Gasteiger partial charge on any atom is -0.375 e. The molecule has 4 rings (SSSR count). The topological polar surface area (TPSA) is 111 Å². The van der Waals surface area contributed by atoms with E-state index < -0.39 is 9.85 Å². The lowest BCUT2D eigenvalue weighted by molar-refractivity contribution is -0.385. The molecule has 8 nitrogen and oxygen atoms in total. The fourth-order valence-electron chi connectivity index (χ4n) is 4.10. The van der Waals surface area contributed by atoms with E-state index in [4.69, 9.17) is 0 Å². The molecule has 2 aromatic carbocycles. The first-order chi connectivity index (χ1) is 14.0. The average molecular weight is 392 g/mol. The quantitative estimate of drug-likeness (QED) is 0.491. The van der Waals surface area contributed by atoms with Gasteiger partial charge in [-0.1, -0.05) is 30.3 Å². The van der Waals surface area contributed by atoms with Crippen LogP contribution in [0.3, 0.4) is 0 Å². The summed E-state index contributed by atoms with van der Waals surface area (Å²) >= 11 is 0. The lowest BCUT2D eigenvalue weighted by Gasteiger charge is -2.20. The standard InChI is InChI=1S/C21H20N4O4/c1-13-21(25(28)29)20(22-12-14-7-3-2-4-8-14)17-11-18(24(26)27)15-9-5-6-10-16(15)19(17)23-13/h2-4,7-8,11H,5-6,9-10,12H2,1H3,(H,22,23). The third-order valence-electron chi connectivity index (χ3n) is 5.42. The van der Waals surface area contributed by atoms with Gasteiger partial charge in [0.2, 0.25) is 0 Å². The van der Waals surface area contributed by atoms with Crippen LogP contribution >= 0.6 is 0 Å². The summed E-state index contributed by atoms with van der Waals surface area (Å²) in [5.74, 6) is 0. The first-order valence-electron chi connectivity index (χ1n) is 9.53. The van der Waals surface area contributed by atoms with Gasteiger partial charge in [-0.2, -0.15) is 0 Å². The number of nitrogens with zero attached hydrogens (tertiary/aromatic N) is 3. The Hall–Kier alpha value is -3.55. The Morgan fingerprint density at radius 1 is 1.03 bits per heavy atom. The molecule has 1 N–H and O–H groups in total. The Morgan fingerprint density at radius 2 is 1.72 bits per heavy atom. The normalized spacial score (nSPS) is 13.1. The van der Waals surface area contributed by atoms with Crippen molar-refractivity contribution in [2.24, 2.45) is 0 Å². The fraction of sp³-hybridized carbons (Fsp3) is 0.286. The first kappa shape index (κ1) is 18.8. The molecule has 0 radical (unpaired) electrons. The number of benzene rings is 2. The van der Waals surface area contributed by atoms with E-state index in [1.807, 2.05) is 30.3 Å². The van der Waals surface area contributed by atoms with Crippen molar-refractivity contribution in [3.05, 3.63) is 79.0 Å². The predicted molar refractivity (Wildman–Crippen MR) is 110 cm³/mol. The highest BCUT2D eigenvalue weighted by atomic mass is 16.6. The molecule has 0 saturated carbocycles. The maximum absolute atomic E-state index is 11.8. The zero-order valence-corrected chi connectivity index (χ0v) is 16.0. The maximum atomic E-state index is 11.8. The van der Waals surface area contributed by atoms with Crippen molar-refractivity contribution in [3.8, 4) is 0 Å². The summed E-state index contributed by atoms with van der Waals surface area (Å²) in [6.07, 6.45) is 3.14. The molecule has 3 aromatic rings. The van der Waals surface area contributed by atoms with Gasteiger partial charge in [0, 0.05) is 23.6 Å². The number of nitro groups is 2. The molecule has 148 valence electrons. The number of aryl methyl sites for hydroxylation is 2. The summed E-state index contributed by atoms with van der Waals surface area (Å²) in [6, 6.07) is 11.0. The second-order valence-corrected chi connectivity index (χ2v) is 7.23. The van der Waals surface area contributed by atoms with Gasteiger partial charge in [-0.25, -0.2) is 4.98 Å². The van der Waals surface area contributed by atoms with Gasteiger partial charge >= 0.3 is 5.69 Å². The summed E-state index contributed by atoms with van der Waals surface area (Å²) in [6.45, 7) is 1.98. The van der Waals surface area contributed by atoms with E-state index in [0.717, 1.165) is 24.0 Å². The zero-order valence-electron chi connectivity index (χ0n) is 16.0. The molecule has 1 aliphatic carbocycles. The molecule has 0 unspecified atom stereocenters. The molecule has 0 atom stereocenters. The van der Waals surface area contributed by atoms with Gasteiger partial charge in [-0.15, -0.1) is 0 Å². The van der Waals surface area contributed by atoms with Crippen LogP contribution in [0.15, 0.2) is 36.4 Å². The van der Waals surface area contributed by atoms with Crippen LogP contribution in [-0.2, 0) is 19.4 Å². The number of nitrogens with one attached hydrogen (secondary N) is 1. The molecule has 0 saturated heterocycles. The number of nitro benzene ring substituents is 1. The minimum absolute atomic E-state index is 0.0231. The summed E-state index contributed by atoms with van der Waals surface area (Å²) in [7, 11) is 0. The van der Waals surface area contributed by atoms with Crippen LogP contribution in [0, 0.1) is 27.2 Å². The number of aromatic nitrogens is 1.